The SMILES string of the molecule is CCCNC(=O)[C@H](C)N(Cc1ccc(OC)cc1)C(=O)CN(c1ccccc1C(C)C)S(C)(=O)=O. The van der Waals surface area contributed by atoms with Crippen molar-refractivity contribution in [1.29, 1.82) is 0 Å². The second-order valence-electron chi connectivity index (χ2n) is 8.82. The van der Waals surface area contributed by atoms with E-state index in [2.05, 4.69) is 5.32 Å². The lowest BCUT2D eigenvalue weighted by molar-refractivity contribution is -0.139. The molecule has 0 spiro atoms. The van der Waals surface area contributed by atoms with Crippen molar-refractivity contribution < 1.29 is 22.7 Å². The van der Waals surface area contributed by atoms with E-state index in [1.54, 1.807) is 38.3 Å². The molecule has 35 heavy (non-hydrogen) atoms. The Labute approximate surface area is 209 Å². The van der Waals surface area contributed by atoms with E-state index in [4.69, 9.17) is 4.74 Å². The number of amides is 2. The first-order valence-corrected chi connectivity index (χ1v) is 13.6. The van der Waals surface area contributed by atoms with Crippen LogP contribution in [0.15, 0.2) is 48.5 Å². The van der Waals surface area contributed by atoms with Crippen LogP contribution in [0.3, 0.4) is 0 Å². The monoisotopic (exact) mass is 503 g/mol. The van der Waals surface area contributed by atoms with Gasteiger partial charge in [-0.1, -0.05) is 51.1 Å². The highest BCUT2D eigenvalue weighted by Crippen LogP contribution is 2.29. The Morgan fingerprint density at radius 2 is 1.66 bits per heavy atom. The van der Waals surface area contributed by atoms with Crippen molar-refractivity contribution in [3.8, 4) is 5.75 Å². The summed E-state index contributed by atoms with van der Waals surface area (Å²) in [6.45, 7) is 7.76. The molecule has 0 aliphatic heterocycles. The number of benzene rings is 2. The number of hydrogen-bond donors (Lipinski definition) is 1. The third-order valence-corrected chi connectivity index (χ3v) is 6.86. The molecule has 1 N–H and O–H groups in total. The summed E-state index contributed by atoms with van der Waals surface area (Å²) < 4.78 is 31.9. The molecule has 192 valence electrons. The summed E-state index contributed by atoms with van der Waals surface area (Å²) in [4.78, 5) is 27.8. The van der Waals surface area contributed by atoms with Crippen LogP contribution in [0.25, 0.3) is 0 Å². The molecule has 0 aliphatic carbocycles. The van der Waals surface area contributed by atoms with E-state index in [1.807, 2.05) is 45.0 Å². The fraction of sp³-hybridized carbons (Fsp3) is 0.462. The Hall–Kier alpha value is -3.07. The van der Waals surface area contributed by atoms with Gasteiger partial charge >= 0.3 is 0 Å². The number of ether oxygens (including phenoxy) is 1. The van der Waals surface area contributed by atoms with Crippen LogP contribution in [0.1, 0.15) is 51.2 Å². The zero-order valence-electron chi connectivity index (χ0n) is 21.4. The van der Waals surface area contributed by atoms with E-state index in [0.29, 0.717) is 18.0 Å². The van der Waals surface area contributed by atoms with Gasteiger partial charge in [0.05, 0.1) is 19.1 Å². The Bertz CT molecular complexity index is 1100. The van der Waals surface area contributed by atoms with Crippen LogP contribution in [0.4, 0.5) is 5.69 Å². The molecule has 0 saturated heterocycles. The third-order valence-electron chi connectivity index (χ3n) is 5.74. The molecule has 0 radical (unpaired) electrons. The maximum atomic E-state index is 13.6. The van der Waals surface area contributed by atoms with Crippen LogP contribution in [0, 0.1) is 0 Å². The lowest BCUT2D eigenvalue weighted by Gasteiger charge is -2.32. The van der Waals surface area contributed by atoms with Crippen molar-refractivity contribution in [2.45, 2.75) is 52.6 Å². The summed E-state index contributed by atoms with van der Waals surface area (Å²) in [6.07, 6.45) is 1.85. The van der Waals surface area contributed by atoms with E-state index in [9.17, 15) is 18.0 Å². The number of sulfonamides is 1. The molecular weight excluding hydrogens is 466 g/mol. The zero-order valence-corrected chi connectivity index (χ0v) is 22.3. The van der Waals surface area contributed by atoms with Crippen molar-refractivity contribution in [2.24, 2.45) is 0 Å². The van der Waals surface area contributed by atoms with Crippen molar-refractivity contribution in [2.75, 3.05) is 30.8 Å². The van der Waals surface area contributed by atoms with Gasteiger partial charge < -0.3 is 15.0 Å². The molecule has 8 nitrogen and oxygen atoms in total. The minimum atomic E-state index is -3.78. The van der Waals surface area contributed by atoms with Gasteiger partial charge in [0.2, 0.25) is 21.8 Å². The molecule has 0 aliphatic rings. The second kappa shape index (κ2) is 12.6. The van der Waals surface area contributed by atoms with Crippen LogP contribution < -0.4 is 14.4 Å². The molecule has 0 unspecified atom stereocenters. The topological polar surface area (TPSA) is 96.0 Å². The Morgan fingerprint density at radius 1 is 1.03 bits per heavy atom. The van der Waals surface area contributed by atoms with Gasteiger partial charge in [0, 0.05) is 13.1 Å². The van der Waals surface area contributed by atoms with E-state index < -0.39 is 28.5 Å². The van der Waals surface area contributed by atoms with Crippen molar-refractivity contribution in [3.05, 3.63) is 59.7 Å². The summed E-state index contributed by atoms with van der Waals surface area (Å²) >= 11 is 0. The standard InChI is InChI=1S/C26H37N3O5S/c1-7-16-27-26(31)20(4)28(17-21-12-14-22(34-5)15-13-21)25(30)18-29(35(6,32)33)24-11-9-8-10-23(24)19(2)3/h8-15,19-20H,7,16-18H2,1-6H3,(H,27,31)/t20-/m0/s1. The minimum Gasteiger partial charge on any atom is -0.497 e. The van der Waals surface area contributed by atoms with Crippen LogP contribution in [-0.2, 0) is 26.2 Å². The molecule has 2 aromatic rings. The van der Waals surface area contributed by atoms with Gasteiger partial charge in [0.15, 0.2) is 0 Å². The van der Waals surface area contributed by atoms with E-state index >= 15 is 0 Å². The third kappa shape index (κ3) is 7.71. The van der Waals surface area contributed by atoms with Gasteiger partial charge in [0.1, 0.15) is 18.3 Å². The lowest BCUT2D eigenvalue weighted by atomic mass is 10.0. The summed E-state index contributed by atoms with van der Waals surface area (Å²) in [7, 11) is -2.21. The van der Waals surface area contributed by atoms with Crippen LogP contribution in [0.5, 0.6) is 5.75 Å². The highest BCUT2D eigenvalue weighted by molar-refractivity contribution is 7.92. The normalized spacial score (nSPS) is 12.2. The molecule has 0 saturated carbocycles. The smallest absolute Gasteiger partial charge is 0.244 e. The van der Waals surface area contributed by atoms with Gasteiger partial charge in [-0.05, 0) is 48.6 Å². The highest BCUT2D eigenvalue weighted by Gasteiger charge is 2.31. The second-order valence-corrected chi connectivity index (χ2v) is 10.7. The molecule has 0 aromatic heterocycles. The zero-order chi connectivity index (χ0) is 26.2. The predicted molar refractivity (Wildman–Crippen MR) is 139 cm³/mol. The largest absolute Gasteiger partial charge is 0.497 e. The summed E-state index contributed by atoms with van der Waals surface area (Å²) in [5, 5.41) is 2.83. The molecule has 2 rings (SSSR count). The molecule has 0 bridgehead atoms. The number of rotatable bonds is 12. The molecule has 9 heteroatoms. The van der Waals surface area contributed by atoms with Crippen LogP contribution in [0.2, 0.25) is 0 Å². The molecule has 1 atom stereocenters. The maximum Gasteiger partial charge on any atom is 0.244 e. The van der Waals surface area contributed by atoms with Crippen molar-refractivity contribution in [3.63, 3.8) is 0 Å². The van der Waals surface area contributed by atoms with E-state index in [-0.39, 0.29) is 18.4 Å². The number of carbonyl (C=O) groups excluding carboxylic acids is 2. The molecule has 0 heterocycles. The average Bonchev–Trinajstić information content (AvgIpc) is 2.83. The Kier molecular flexibility index (Phi) is 10.1. The maximum absolute atomic E-state index is 13.6. The van der Waals surface area contributed by atoms with Crippen LogP contribution >= 0.6 is 0 Å². The van der Waals surface area contributed by atoms with Crippen molar-refractivity contribution in [1.82, 2.24) is 10.2 Å². The van der Waals surface area contributed by atoms with E-state index in [0.717, 1.165) is 28.1 Å². The number of anilines is 1. The molecule has 2 amide bonds. The number of para-hydroxylation sites is 1. The van der Waals surface area contributed by atoms with Crippen molar-refractivity contribution >= 4 is 27.5 Å². The first kappa shape index (κ1) is 28.2. The van der Waals surface area contributed by atoms with Gasteiger partial charge in [0.25, 0.3) is 0 Å². The van der Waals surface area contributed by atoms with Gasteiger partial charge in [-0.15, -0.1) is 0 Å². The number of carbonyl (C=O) groups is 2. The molecular formula is C26H37N3O5S. The van der Waals surface area contributed by atoms with Crippen LogP contribution in [-0.4, -0.2) is 57.6 Å². The first-order valence-electron chi connectivity index (χ1n) is 11.8. The number of nitrogens with one attached hydrogen (secondary N) is 1. The Morgan fingerprint density at radius 3 is 2.20 bits per heavy atom. The highest BCUT2D eigenvalue weighted by atomic mass is 32.2. The lowest BCUT2D eigenvalue weighted by Crippen LogP contribution is -2.51. The number of methoxy groups -OCH3 is 1. The first-order chi connectivity index (χ1) is 16.5. The molecule has 2 aromatic carbocycles. The summed E-state index contributed by atoms with van der Waals surface area (Å²) in [6, 6.07) is 13.6. The Balaban J connectivity index is 2.43. The molecule has 0 fully saturated rings. The van der Waals surface area contributed by atoms with Gasteiger partial charge in [-0.3, -0.25) is 13.9 Å². The van der Waals surface area contributed by atoms with E-state index in [1.165, 1.54) is 4.90 Å². The number of hydrogen-bond acceptors (Lipinski definition) is 5. The minimum absolute atomic E-state index is 0.0553. The fourth-order valence-corrected chi connectivity index (χ4v) is 4.57. The van der Waals surface area contributed by atoms with Gasteiger partial charge in [-0.25, -0.2) is 8.42 Å². The quantitative estimate of drug-likeness (QED) is 0.478. The number of nitrogens with zero attached hydrogens (tertiary/aromatic N) is 2. The summed E-state index contributed by atoms with van der Waals surface area (Å²) in [5.41, 5.74) is 2.08. The predicted octanol–water partition coefficient (Wildman–Crippen LogP) is 3.53. The average molecular weight is 504 g/mol. The summed E-state index contributed by atoms with van der Waals surface area (Å²) in [5.74, 6) is -0.0280. The van der Waals surface area contributed by atoms with Gasteiger partial charge in [-0.2, -0.15) is 0 Å². The fourth-order valence-electron chi connectivity index (χ4n) is 3.70.